The average Bonchev–Trinajstić information content (AvgIpc) is 2.48. The van der Waals surface area contributed by atoms with E-state index >= 15 is 0 Å². The Balaban J connectivity index is 1.94. The van der Waals surface area contributed by atoms with Crippen LogP contribution in [0.5, 0.6) is 0 Å². The lowest BCUT2D eigenvalue weighted by Crippen LogP contribution is -3.13. The number of likely N-dealkylation sites (tertiary alicyclic amines) is 1. The maximum absolute atomic E-state index is 4.27. The fourth-order valence-corrected chi connectivity index (χ4v) is 2.80. The quantitative estimate of drug-likeness (QED) is 0.647. The predicted molar refractivity (Wildman–Crippen MR) is 78.8 cm³/mol. The molecule has 1 aliphatic heterocycles. The van der Waals surface area contributed by atoms with Gasteiger partial charge in [-0.25, -0.2) is 0 Å². The highest BCUT2D eigenvalue weighted by molar-refractivity contribution is 5.12. The maximum atomic E-state index is 4.27. The van der Waals surface area contributed by atoms with Gasteiger partial charge in [0.1, 0.15) is 12.6 Å². The molecule has 0 spiro atoms. The van der Waals surface area contributed by atoms with Crippen molar-refractivity contribution in [1.82, 2.24) is 4.98 Å². The van der Waals surface area contributed by atoms with Gasteiger partial charge in [0.05, 0.1) is 6.54 Å². The van der Waals surface area contributed by atoms with Crippen LogP contribution in [0.15, 0.2) is 24.5 Å². The lowest BCUT2D eigenvalue weighted by molar-refractivity contribution is -0.930. The van der Waals surface area contributed by atoms with Gasteiger partial charge < -0.3 is 4.90 Å². The predicted octanol–water partition coefficient (Wildman–Crippen LogP) is 2.39. The zero-order chi connectivity index (χ0) is 13.3. The molecule has 102 valence electrons. The fourth-order valence-electron chi connectivity index (χ4n) is 2.80. The monoisotopic (exact) mass is 257 g/mol. The van der Waals surface area contributed by atoms with Crippen molar-refractivity contribution in [2.75, 3.05) is 13.1 Å². The van der Waals surface area contributed by atoms with Gasteiger partial charge in [-0.05, 0) is 31.2 Å². The van der Waals surface area contributed by atoms with Crippen LogP contribution in [0.4, 0.5) is 0 Å². The minimum absolute atomic E-state index is 0.600. The summed E-state index contributed by atoms with van der Waals surface area (Å²) in [6.07, 6.45) is 11.4. The largest absolute Gasteiger partial charge is 0.319 e. The molecule has 0 saturated carbocycles. The highest BCUT2D eigenvalue weighted by Gasteiger charge is 2.26. The van der Waals surface area contributed by atoms with E-state index in [1.54, 1.807) is 4.90 Å². The second-order valence-corrected chi connectivity index (χ2v) is 5.38. The Morgan fingerprint density at radius 3 is 3.11 bits per heavy atom. The minimum atomic E-state index is 0.600. The Bertz CT molecular complexity index is 416. The number of rotatable bonds is 4. The first kappa shape index (κ1) is 14.1. The molecule has 1 aromatic heterocycles. The van der Waals surface area contributed by atoms with E-state index in [0.29, 0.717) is 6.04 Å². The molecule has 1 saturated heterocycles. The standard InChI is InChI=1S/C17H24N2/c1-2-3-4-5-7-13-19-14-8-6-11-17(19)16-10-9-12-18-15-16/h9-10,12,15,17H,2-4,6,8,11,13-14H2,1H3/p+1/t17-/m1/s1. The lowest BCUT2D eigenvalue weighted by atomic mass is 9.96. The molecule has 2 nitrogen and oxygen atoms in total. The molecule has 1 aliphatic rings. The molecule has 2 heteroatoms. The summed E-state index contributed by atoms with van der Waals surface area (Å²) in [7, 11) is 0. The Morgan fingerprint density at radius 1 is 1.37 bits per heavy atom. The first-order valence-corrected chi connectivity index (χ1v) is 7.62. The van der Waals surface area contributed by atoms with E-state index in [-0.39, 0.29) is 0 Å². The average molecular weight is 257 g/mol. The first-order chi connectivity index (χ1) is 9.42. The van der Waals surface area contributed by atoms with Gasteiger partial charge in [0, 0.05) is 30.8 Å². The van der Waals surface area contributed by atoms with Gasteiger partial charge in [0.2, 0.25) is 0 Å². The van der Waals surface area contributed by atoms with Gasteiger partial charge in [-0.15, -0.1) is 0 Å². The Kier molecular flexibility index (Phi) is 5.91. The van der Waals surface area contributed by atoms with Gasteiger partial charge in [-0.3, -0.25) is 4.98 Å². The SMILES string of the molecule is CCCCC#CC[NH+]1CCCC[C@@H]1c1cccnc1. The maximum Gasteiger partial charge on any atom is 0.139 e. The number of aromatic nitrogens is 1. The van der Waals surface area contributed by atoms with E-state index in [9.17, 15) is 0 Å². The molecule has 2 atom stereocenters. The van der Waals surface area contributed by atoms with Crippen LogP contribution in [0, 0.1) is 11.8 Å². The minimum Gasteiger partial charge on any atom is -0.319 e. The van der Waals surface area contributed by atoms with E-state index in [2.05, 4.69) is 35.9 Å². The van der Waals surface area contributed by atoms with Gasteiger partial charge in [-0.2, -0.15) is 0 Å². The molecule has 0 amide bonds. The zero-order valence-electron chi connectivity index (χ0n) is 12.0. The molecule has 1 fully saturated rings. The van der Waals surface area contributed by atoms with E-state index < -0.39 is 0 Å². The van der Waals surface area contributed by atoms with Crippen molar-refractivity contribution in [2.45, 2.75) is 51.5 Å². The zero-order valence-corrected chi connectivity index (χ0v) is 12.0. The van der Waals surface area contributed by atoms with E-state index in [4.69, 9.17) is 0 Å². The summed E-state index contributed by atoms with van der Waals surface area (Å²) >= 11 is 0. The number of unbranched alkanes of at least 4 members (excludes halogenated alkanes) is 2. The summed E-state index contributed by atoms with van der Waals surface area (Å²) in [4.78, 5) is 5.89. The van der Waals surface area contributed by atoms with Gasteiger partial charge in [0.15, 0.2) is 0 Å². The van der Waals surface area contributed by atoms with Crippen LogP contribution in [0.25, 0.3) is 0 Å². The van der Waals surface area contributed by atoms with Crippen LogP contribution in [-0.2, 0) is 0 Å². The van der Waals surface area contributed by atoms with E-state index in [0.717, 1.165) is 13.0 Å². The molecular weight excluding hydrogens is 232 g/mol. The third-order valence-corrected chi connectivity index (χ3v) is 3.92. The van der Waals surface area contributed by atoms with E-state index in [1.165, 1.54) is 44.2 Å². The summed E-state index contributed by atoms with van der Waals surface area (Å²) in [5.74, 6) is 6.70. The highest BCUT2D eigenvalue weighted by atomic mass is 15.2. The molecule has 0 bridgehead atoms. The topological polar surface area (TPSA) is 17.3 Å². The van der Waals surface area contributed by atoms with Crippen LogP contribution in [0.3, 0.4) is 0 Å². The number of hydrogen-bond acceptors (Lipinski definition) is 1. The molecule has 19 heavy (non-hydrogen) atoms. The van der Waals surface area contributed by atoms with Crippen molar-refractivity contribution in [3.05, 3.63) is 30.1 Å². The van der Waals surface area contributed by atoms with Crippen molar-refractivity contribution < 1.29 is 4.90 Å². The summed E-state index contributed by atoms with van der Waals surface area (Å²) in [5.41, 5.74) is 1.38. The molecule has 2 rings (SSSR count). The molecule has 1 aromatic rings. The third-order valence-electron chi connectivity index (χ3n) is 3.92. The molecule has 1 unspecified atom stereocenters. The Labute approximate surface area is 117 Å². The Hall–Kier alpha value is -1.33. The molecule has 0 aromatic carbocycles. The molecule has 0 radical (unpaired) electrons. The second kappa shape index (κ2) is 7.96. The molecule has 0 aliphatic carbocycles. The van der Waals surface area contributed by atoms with Crippen LogP contribution in [-0.4, -0.2) is 18.1 Å². The summed E-state index contributed by atoms with van der Waals surface area (Å²) in [6.45, 7) is 4.46. The normalized spacial score (nSPS) is 22.6. The molecule has 2 heterocycles. The summed E-state index contributed by atoms with van der Waals surface area (Å²) in [6, 6.07) is 4.87. The van der Waals surface area contributed by atoms with E-state index in [1.807, 2.05) is 12.4 Å². The van der Waals surface area contributed by atoms with Crippen molar-refractivity contribution in [2.24, 2.45) is 0 Å². The third kappa shape index (κ3) is 4.36. The number of nitrogens with one attached hydrogen (secondary N) is 1. The van der Waals surface area contributed by atoms with Crippen molar-refractivity contribution in [3.8, 4) is 11.8 Å². The van der Waals surface area contributed by atoms with Gasteiger partial charge in [-0.1, -0.05) is 25.3 Å². The number of nitrogens with zero attached hydrogens (tertiary/aromatic N) is 1. The number of hydrogen-bond donors (Lipinski definition) is 1. The summed E-state index contributed by atoms with van der Waals surface area (Å²) < 4.78 is 0. The van der Waals surface area contributed by atoms with Gasteiger partial charge >= 0.3 is 0 Å². The summed E-state index contributed by atoms with van der Waals surface area (Å²) in [5, 5.41) is 0. The van der Waals surface area contributed by atoms with Crippen LogP contribution in [0.1, 0.15) is 57.1 Å². The molecular formula is C17H25N2+. The fraction of sp³-hybridized carbons (Fsp3) is 0.588. The first-order valence-electron chi connectivity index (χ1n) is 7.62. The highest BCUT2D eigenvalue weighted by Crippen LogP contribution is 2.17. The van der Waals surface area contributed by atoms with Crippen LogP contribution < -0.4 is 4.90 Å². The number of pyridine rings is 1. The van der Waals surface area contributed by atoms with Crippen LogP contribution >= 0.6 is 0 Å². The smallest absolute Gasteiger partial charge is 0.139 e. The number of piperidine rings is 1. The van der Waals surface area contributed by atoms with Crippen molar-refractivity contribution in [1.29, 1.82) is 0 Å². The van der Waals surface area contributed by atoms with Gasteiger partial charge in [0.25, 0.3) is 0 Å². The van der Waals surface area contributed by atoms with Crippen molar-refractivity contribution in [3.63, 3.8) is 0 Å². The molecule has 1 N–H and O–H groups in total. The Morgan fingerprint density at radius 2 is 2.32 bits per heavy atom. The van der Waals surface area contributed by atoms with Crippen molar-refractivity contribution >= 4 is 0 Å². The van der Waals surface area contributed by atoms with Crippen LogP contribution in [0.2, 0.25) is 0 Å². The second-order valence-electron chi connectivity index (χ2n) is 5.38. The number of quaternary nitrogens is 1. The lowest BCUT2D eigenvalue weighted by Gasteiger charge is -2.31.